The van der Waals surface area contributed by atoms with Crippen LogP contribution in [0.15, 0.2) is 30.8 Å². The Morgan fingerprint density at radius 2 is 2.05 bits per heavy atom. The van der Waals surface area contributed by atoms with E-state index in [1.54, 1.807) is 6.08 Å². The zero-order valence-electron chi connectivity index (χ0n) is 11.5. The number of benzene rings is 1. The van der Waals surface area contributed by atoms with Gasteiger partial charge in [0.25, 0.3) is 0 Å². The minimum atomic E-state index is -0.282. The van der Waals surface area contributed by atoms with Gasteiger partial charge in [-0.3, -0.25) is 4.79 Å². The van der Waals surface area contributed by atoms with E-state index >= 15 is 0 Å². The van der Waals surface area contributed by atoms with Gasteiger partial charge >= 0.3 is 5.97 Å². The molecule has 1 atom stereocenters. The van der Waals surface area contributed by atoms with Gasteiger partial charge in [-0.05, 0) is 30.9 Å². The third-order valence-corrected chi connectivity index (χ3v) is 3.12. The molecule has 0 aliphatic rings. The van der Waals surface area contributed by atoms with E-state index < -0.39 is 0 Å². The van der Waals surface area contributed by atoms with Crippen LogP contribution in [0.3, 0.4) is 0 Å². The lowest BCUT2D eigenvalue weighted by Gasteiger charge is -2.15. The highest BCUT2D eigenvalue weighted by Gasteiger charge is 2.20. The minimum Gasteiger partial charge on any atom is -0.469 e. The first-order valence-electron chi connectivity index (χ1n) is 6.36. The van der Waals surface area contributed by atoms with Crippen LogP contribution < -0.4 is 0 Å². The molecule has 102 valence electrons. The van der Waals surface area contributed by atoms with Crippen molar-refractivity contribution in [3.8, 4) is 0 Å². The summed E-state index contributed by atoms with van der Waals surface area (Å²) in [5.74, 6) is -0.457. The number of hydrogen-bond donors (Lipinski definition) is 0. The van der Waals surface area contributed by atoms with Crippen LogP contribution in [0.4, 0.5) is 0 Å². The Morgan fingerprint density at radius 3 is 2.63 bits per heavy atom. The van der Waals surface area contributed by atoms with Gasteiger partial charge in [-0.15, -0.1) is 0 Å². The van der Waals surface area contributed by atoms with E-state index in [-0.39, 0.29) is 17.7 Å². The summed E-state index contributed by atoms with van der Waals surface area (Å²) in [4.78, 5) is 22.8. The van der Waals surface area contributed by atoms with Gasteiger partial charge in [0, 0.05) is 6.42 Å². The fourth-order valence-electron chi connectivity index (χ4n) is 2.03. The van der Waals surface area contributed by atoms with Crippen LogP contribution in [-0.2, 0) is 20.7 Å². The smallest absolute Gasteiger partial charge is 0.309 e. The summed E-state index contributed by atoms with van der Waals surface area (Å²) < 4.78 is 4.81. The zero-order valence-corrected chi connectivity index (χ0v) is 11.5. The number of ether oxygens (including phenoxy) is 1. The summed E-state index contributed by atoms with van der Waals surface area (Å²) >= 11 is 0. The average molecular weight is 260 g/mol. The number of carbonyl (C=O) groups excluding carboxylic acids is 2. The molecule has 0 aliphatic heterocycles. The van der Waals surface area contributed by atoms with Crippen LogP contribution in [0, 0.1) is 5.92 Å². The van der Waals surface area contributed by atoms with Crippen molar-refractivity contribution < 1.29 is 14.3 Å². The molecule has 0 heterocycles. The Balaban J connectivity index is 2.84. The molecule has 1 unspecified atom stereocenters. The molecule has 1 aromatic rings. The Kier molecular flexibility index (Phi) is 6.00. The van der Waals surface area contributed by atoms with Gasteiger partial charge in [0.1, 0.15) is 5.78 Å². The first kappa shape index (κ1) is 15.2. The highest BCUT2D eigenvalue weighted by Crippen LogP contribution is 2.19. The molecule has 1 aromatic carbocycles. The van der Waals surface area contributed by atoms with Gasteiger partial charge in [0.2, 0.25) is 0 Å². The lowest BCUT2D eigenvalue weighted by Crippen LogP contribution is -2.20. The summed E-state index contributed by atoms with van der Waals surface area (Å²) in [5, 5.41) is 0. The highest BCUT2D eigenvalue weighted by molar-refractivity contribution is 5.77. The van der Waals surface area contributed by atoms with Crippen LogP contribution >= 0.6 is 0 Å². The molecule has 0 amide bonds. The fourth-order valence-corrected chi connectivity index (χ4v) is 2.03. The van der Waals surface area contributed by atoms with Crippen molar-refractivity contribution in [3.05, 3.63) is 42.0 Å². The first-order valence-corrected chi connectivity index (χ1v) is 6.36. The maximum atomic E-state index is 11.8. The predicted octanol–water partition coefficient (Wildman–Crippen LogP) is 3.03. The van der Waals surface area contributed by atoms with Crippen molar-refractivity contribution in [2.75, 3.05) is 7.11 Å². The molecule has 19 heavy (non-hydrogen) atoms. The summed E-state index contributed by atoms with van der Waals surface area (Å²) in [7, 11) is 1.38. The normalized spacial score (nSPS) is 11.7. The second kappa shape index (κ2) is 7.52. The van der Waals surface area contributed by atoms with E-state index in [1.165, 1.54) is 14.0 Å². The fraction of sp³-hybridized carbons (Fsp3) is 0.375. The summed E-state index contributed by atoms with van der Waals surface area (Å²) in [6, 6.07) is 7.80. The van der Waals surface area contributed by atoms with Crippen LogP contribution in [-0.4, -0.2) is 18.9 Å². The molecule has 0 saturated carbocycles. The molecule has 0 aliphatic carbocycles. The molecule has 0 saturated heterocycles. The van der Waals surface area contributed by atoms with E-state index in [2.05, 4.69) is 6.58 Å². The summed E-state index contributed by atoms with van der Waals surface area (Å²) in [6.07, 6.45) is 3.26. The average Bonchev–Trinajstić information content (AvgIpc) is 2.42. The number of rotatable bonds is 7. The maximum Gasteiger partial charge on any atom is 0.309 e. The van der Waals surface area contributed by atoms with Crippen molar-refractivity contribution in [2.45, 2.75) is 26.2 Å². The number of ketones is 1. The Morgan fingerprint density at radius 1 is 1.37 bits per heavy atom. The van der Waals surface area contributed by atoms with Crippen molar-refractivity contribution in [3.63, 3.8) is 0 Å². The van der Waals surface area contributed by atoms with E-state index in [1.807, 2.05) is 24.3 Å². The van der Waals surface area contributed by atoms with E-state index in [4.69, 9.17) is 4.74 Å². The molecule has 0 radical (unpaired) electrons. The van der Waals surface area contributed by atoms with E-state index in [0.29, 0.717) is 19.3 Å². The molecule has 3 heteroatoms. The van der Waals surface area contributed by atoms with Gasteiger partial charge in [-0.1, -0.05) is 36.9 Å². The van der Waals surface area contributed by atoms with Crippen LogP contribution in [0.5, 0.6) is 0 Å². The molecule has 0 spiro atoms. The number of carbonyl (C=O) groups is 2. The summed E-state index contributed by atoms with van der Waals surface area (Å²) in [5.41, 5.74) is 2.07. The van der Waals surface area contributed by atoms with Gasteiger partial charge in [0.05, 0.1) is 13.0 Å². The molecule has 0 bridgehead atoms. The van der Waals surface area contributed by atoms with Crippen LogP contribution in [0.25, 0.3) is 6.08 Å². The predicted molar refractivity (Wildman–Crippen MR) is 75.7 cm³/mol. The molecular weight excluding hydrogens is 240 g/mol. The van der Waals surface area contributed by atoms with Gasteiger partial charge in [-0.25, -0.2) is 0 Å². The maximum absolute atomic E-state index is 11.8. The van der Waals surface area contributed by atoms with Gasteiger partial charge in [-0.2, -0.15) is 0 Å². The SMILES string of the molecule is C=Cc1ccccc1CC(CCC(C)=O)C(=O)OC. The molecular formula is C16H20O3. The molecule has 3 nitrogen and oxygen atoms in total. The molecule has 1 rings (SSSR count). The van der Waals surface area contributed by atoms with Gasteiger partial charge in [0.15, 0.2) is 0 Å². The molecule has 0 N–H and O–H groups in total. The van der Waals surface area contributed by atoms with Crippen molar-refractivity contribution in [1.82, 2.24) is 0 Å². The Hall–Kier alpha value is -1.90. The third kappa shape index (κ3) is 4.70. The van der Waals surface area contributed by atoms with Crippen LogP contribution in [0.1, 0.15) is 30.9 Å². The van der Waals surface area contributed by atoms with Crippen molar-refractivity contribution >= 4 is 17.8 Å². The summed E-state index contributed by atoms with van der Waals surface area (Å²) in [6.45, 7) is 5.30. The Labute approximate surface area is 114 Å². The number of Topliss-reactive ketones (excluding diaryl/α,β-unsaturated/α-hetero) is 1. The third-order valence-electron chi connectivity index (χ3n) is 3.12. The zero-order chi connectivity index (χ0) is 14.3. The first-order chi connectivity index (χ1) is 9.08. The standard InChI is InChI=1S/C16H20O3/c1-4-13-7-5-6-8-14(13)11-15(16(18)19-3)10-9-12(2)17/h4-8,15H,1,9-11H2,2-3H3. The van der Waals surface area contributed by atoms with Crippen LogP contribution in [0.2, 0.25) is 0 Å². The monoisotopic (exact) mass is 260 g/mol. The van der Waals surface area contributed by atoms with E-state index in [9.17, 15) is 9.59 Å². The lowest BCUT2D eigenvalue weighted by atomic mass is 9.91. The molecule has 0 aromatic heterocycles. The topological polar surface area (TPSA) is 43.4 Å². The Bertz CT molecular complexity index is 463. The number of esters is 1. The number of methoxy groups -OCH3 is 1. The minimum absolute atomic E-state index is 0.0888. The van der Waals surface area contributed by atoms with Crippen molar-refractivity contribution in [2.24, 2.45) is 5.92 Å². The second-order valence-electron chi connectivity index (χ2n) is 4.57. The van der Waals surface area contributed by atoms with Gasteiger partial charge < -0.3 is 9.53 Å². The van der Waals surface area contributed by atoms with E-state index in [0.717, 1.165) is 11.1 Å². The molecule has 0 fully saturated rings. The second-order valence-corrected chi connectivity index (χ2v) is 4.57. The quantitative estimate of drug-likeness (QED) is 0.708. The highest BCUT2D eigenvalue weighted by atomic mass is 16.5. The number of hydrogen-bond acceptors (Lipinski definition) is 3. The lowest BCUT2D eigenvalue weighted by molar-refractivity contribution is -0.145. The largest absolute Gasteiger partial charge is 0.469 e. The van der Waals surface area contributed by atoms with Crippen molar-refractivity contribution in [1.29, 1.82) is 0 Å².